The second-order valence-corrected chi connectivity index (χ2v) is 11.2. The van der Waals surface area contributed by atoms with Crippen LogP contribution >= 0.6 is 34.7 Å². The van der Waals surface area contributed by atoms with Crippen LogP contribution in [0.3, 0.4) is 0 Å². The van der Waals surface area contributed by atoms with Crippen LogP contribution in [0.5, 0.6) is 0 Å². The molecule has 5 rings (SSSR count). The quantitative estimate of drug-likeness (QED) is 0.364. The van der Waals surface area contributed by atoms with E-state index in [-0.39, 0.29) is 51.4 Å². The van der Waals surface area contributed by atoms with E-state index in [2.05, 4.69) is 21.6 Å². The number of nitrogens with zero attached hydrogens (tertiary/aromatic N) is 4. The Balaban J connectivity index is 1.45. The van der Waals surface area contributed by atoms with Gasteiger partial charge < -0.3 is 11.1 Å². The standard InChI is InChI=1S/C26H19ClF2N6O2S2/c27-16-3-1-4-17(29)22(16)21-15(11-30)24(31)35(18-5-2-6-19(36)23(18)21)25-33-34-26(39-25)38-12-20(37)32-14-9-7-13(28)8-10-14/h1,3-4,7-10,21H,2,5-6,12,31H2,(H,32,37). The number of hydrogen-bond donors (Lipinski definition) is 2. The van der Waals surface area contributed by atoms with Gasteiger partial charge in [-0.1, -0.05) is 40.8 Å². The summed E-state index contributed by atoms with van der Waals surface area (Å²) in [6, 6.07) is 11.6. The summed E-state index contributed by atoms with van der Waals surface area (Å²) in [5.74, 6) is -2.60. The number of amides is 1. The average molecular weight is 585 g/mol. The van der Waals surface area contributed by atoms with E-state index in [1.807, 2.05) is 0 Å². The van der Waals surface area contributed by atoms with Gasteiger partial charge in [0.05, 0.1) is 23.3 Å². The van der Waals surface area contributed by atoms with E-state index in [1.54, 1.807) is 0 Å². The summed E-state index contributed by atoms with van der Waals surface area (Å²) < 4.78 is 28.5. The molecule has 198 valence electrons. The highest BCUT2D eigenvalue weighted by Gasteiger charge is 2.42. The number of nitriles is 1. The Hall–Kier alpha value is -3.79. The minimum Gasteiger partial charge on any atom is -0.384 e. The molecule has 0 spiro atoms. The Kier molecular flexibility index (Phi) is 7.65. The first-order chi connectivity index (χ1) is 18.8. The molecule has 13 heteroatoms. The first-order valence-corrected chi connectivity index (χ1v) is 13.9. The number of rotatable bonds is 6. The number of ketones is 1. The van der Waals surface area contributed by atoms with Crippen molar-refractivity contribution in [1.29, 1.82) is 5.26 Å². The van der Waals surface area contributed by atoms with Gasteiger partial charge in [0.1, 0.15) is 17.5 Å². The van der Waals surface area contributed by atoms with Crippen molar-refractivity contribution in [2.75, 3.05) is 16.0 Å². The highest BCUT2D eigenvalue weighted by Crippen LogP contribution is 2.48. The normalized spacial score (nSPS) is 17.2. The molecule has 0 bridgehead atoms. The molecule has 1 aromatic heterocycles. The van der Waals surface area contributed by atoms with Gasteiger partial charge in [0.2, 0.25) is 11.0 Å². The Bertz CT molecular complexity index is 1560. The van der Waals surface area contributed by atoms with Crippen LogP contribution in [0, 0.1) is 23.0 Å². The Labute approximate surface area is 235 Å². The van der Waals surface area contributed by atoms with Crippen molar-refractivity contribution >= 4 is 57.2 Å². The maximum Gasteiger partial charge on any atom is 0.234 e. The average Bonchev–Trinajstić information content (AvgIpc) is 3.37. The zero-order valence-corrected chi connectivity index (χ0v) is 22.5. The summed E-state index contributed by atoms with van der Waals surface area (Å²) in [6.07, 6.45) is 1.24. The summed E-state index contributed by atoms with van der Waals surface area (Å²) in [5.41, 5.74) is 7.75. The number of thioether (sulfide) groups is 1. The number of nitrogens with two attached hydrogens (primary N) is 1. The van der Waals surface area contributed by atoms with Crippen LogP contribution in [0.4, 0.5) is 19.6 Å². The third-order valence-corrected chi connectivity index (χ3v) is 8.61. The fourth-order valence-corrected chi connectivity index (χ4v) is 6.54. The summed E-state index contributed by atoms with van der Waals surface area (Å²) in [4.78, 5) is 27.1. The molecule has 2 heterocycles. The minimum atomic E-state index is -1.04. The van der Waals surface area contributed by atoms with Crippen LogP contribution in [-0.4, -0.2) is 27.6 Å². The number of benzene rings is 2. The van der Waals surface area contributed by atoms with Gasteiger partial charge >= 0.3 is 0 Å². The molecule has 1 aliphatic heterocycles. The number of hydrogen-bond acceptors (Lipinski definition) is 9. The van der Waals surface area contributed by atoms with Crippen LogP contribution in [0.15, 0.2) is 69.5 Å². The smallest absolute Gasteiger partial charge is 0.234 e. The summed E-state index contributed by atoms with van der Waals surface area (Å²) >= 11 is 8.62. The number of nitrogens with one attached hydrogen (secondary N) is 1. The molecule has 2 aromatic carbocycles. The van der Waals surface area contributed by atoms with Gasteiger partial charge in [-0.2, -0.15) is 5.26 Å². The van der Waals surface area contributed by atoms with Gasteiger partial charge in [0, 0.05) is 34.0 Å². The Morgan fingerprint density at radius 2 is 2.00 bits per heavy atom. The number of anilines is 2. The Morgan fingerprint density at radius 3 is 2.72 bits per heavy atom. The number of carbonyl (C=O) groups excluding carboxylic acids is 2. The highest BCUT2D eigenvalue weighted by atomic mass is 35.5. The first-order valence-electron chi connectivity index (χ1n) is 11.7. The zero-order chi connectivity index (χ0) is 27.7. The monoisotopic (exact) mass is 584 g/mol. The van der Waals surface area contributed by atoms with E-state index in [1.165, 1.54) is 47.4 Å². The second-order valence-electron chi connectivity index (χ2n) is 8.65. The molecule has 3 N–H and O–H groups in total. The summed E-state index contributed by atoms with van der Waals surface area (Å²) in [6.45, 7) is 0. The van der Waals surface area contributed by atoms with Gasteiger partial charge in [0.25, 0.3) is 0 Å². The van der Waals surface area contributed by atoms with E-state index >= 15 is 4.39 Å². The topological polar surface area (TPSA) is 125 Å². The van der Waals surface area contributed by atoms with E-state index in [4.69, 9.17) is 17.3 Å². The van der Waals surface area contributed by atoms with Crippen molar-refractivity contribution in [3.63, 3.8) is 0 Å². The molecule has 1 unspecified atom stereocenters. The predicted molar refractivity (Wildman–Crippen MR) is 145 cm³/mol. The van der Waals surface area contributed by atoms with E-state index < -0.39 is 17.6 Å². The van der Waals surface area contributed by atoms with Crippen LogP contribution in [0.1, 0.15) is 30.7 Å². The van der Waals surface area contributed by atoms with Crippen LogP contribution in [-0.2, 0) is 9.59 Å². The lowest BCUT2D eigenvalue weighted by atomic mass is 9.75. The summed E-state index contributed by atoms with van der Waals surface area (Å²) in [7, 11) is 0. The molecule has 1 atom stereocenters. The van der Waals surface area contributed by atoms with Gasteiger partial charge in [-0.25, -0.2) is 8.78 Å². The fraction of sp³-hybridized carbons (Fsp3) is 0.192. The lowest BCUT2D eigenvalue weighted by Gasteiger charge is -2.38. The van der Waals surface area contributed by atoms with Crippen LogP contribution in [0.25, 0.3) is 0 Å². The van der Waals surface area contributed by atoms with Gasteiger partial charge in [-0.05, 0) is 49.2 Å². The third kappa shape index (κ3) is 5.25. The molecule has 0 saturated carbocycles. The SMILES string of the molecule is N#CC1=C(N)N(c2nnc(SCC(=O)Nc3ccc(F)cc3)s2)C2=C(C(=O)CCC2)C1c1c(F)cccc1Cl. The Morgan fingerprint density at radius 1 is 1.23 bits per heavy atom. The number of allylic oxidation sites excluding steroid dienone is 3. The molecule has 8 nitrogen and oxygen atoms in total. The molecular weight excluding hydrogens is 566 g/mol. The van der Waals surface area contributed by atoms with Crippen molar-refractivity contribution in [1.82, 2.24) is 10.2 Å². The minimum absolute atomic E-state index is 0.0111. The van der Waals surface area contributed by atoms with Crippen molar-refractivity contribution in [2.24, 2.45) is 5.73 Å². The molecule has 0 radical (unpaired) electrons. The number of carbonyl (C=O) groups is 2. The molecular formula is C26H19ClF2N6O2S2. The lowest BCUT2D eigenvalue weighted by Crippen LogP contribution is -2.39. The number of Topliss-reactive ketones (excluding diaryl/α,β-unsaturated/α-hetero) is 1. The maximum atomic E-state index is 15.0. The third-order valence-electron chi connectivity index (χ3n) is 6.24. The first kappa shape index (κ1) is 26.8. The molecule has 1 amide bonds. The zero-order valence-electron chi connectivity index (χ0n) is 20.1. The van der Waals surface area contributed by atoms with Crippen molar-refractivity contribution in [3.8, 4) is 6.07 Å². The molecule has 2 aliphatic rings. The second kappa shape index (κ2) is 11.1. The van der Waals surface area contributed by atoms with Gasteiger partial charge in [-0.3, -0.25) is 14.5 Å². The molecule has 39 heavy (non-hydrogen) atoms. The number of aromatic nitrogens is 2. The van der Waals surface area contributed by atoms with Crippen LogP contribution in [0.2, 0.25) is 5.02 Å². The lowest BCUT2D eigenvalue weighted by molar-refractivity contribution is -0.116. The van der Waals surface area contributed by atoms with Crippen molar-refractivity contribution < 1.29 is 18.4 Å². The largest absolute Gasteiger partial charge is 0.384 e. The van der Waals surface area contributed by atoms with Crippen LogP contribution < -0.4 is 16.0 Å². The molecule has 0 saturated heterocycles. The van der Waals surface area contributed by atoms with Crippen molar-refractivity contribution in [2.45, 2.75) is 29.5 Å². The molecule has 3 aromatic rings. The predicted octanol–water partition coefficient (Wildman–Crippen LogP) is 5.51. The van der Waals surface area contributed by atoms with E-state index in [9.17, 15) is 19.2 Å². The maximum absolute atomic E-state index is 15.0. The van der Waals surface area contributed by atoms with E-state index in [0.29, 0.717) is 33.7 Å². The van der Waals surface area contributed by atoms with Gasteiger partial charge in [-0.15, -0.1) is 10.2 Å². The molecule has 1 aliphatic carbocycles. The molecule has 0 fully saturated rings. The van der Waals surface area contributed by atoms with Crippen molar-refractivity contribution in [3.05, 3.63) is 87.3 Å². The fourth-order valence-electron chi connectivity index (χ4n) is 4.59. The van der Waals surface area contributed by atoms with E-state index in [0.717, 1.165) is 23.1 Å². The highest BCUT2D eigenvalue weighted by molar-refractivity contribution is 8.01. The summed E-state index contributed by atoms with van der Waals surface area (Å²) in [5, 5.41) is 21.5. The van der Waals surface area contributed by atoms with Gasteiger partial charge in [0.15, 0.2) is 10.1 Å². The number of halogens is 3.